The van der Waals surface area contributed by atoms with Crippen molar-refractivity contribution in [1.29, 1.82) is 0 Å². The molecule has 0 saturated carbocycles. The van der Waals surface area contributed by atoms with E-state index in [1.165, 1.54) is 0 Å². The molecule has 5 rings (SSSR count). The van der Waals surface area contributed by atoms with Crippen molar-refractivity contribution in [1.82, 2.24) is 39.6 Å². The Kier molecular flexibility index (Phi) is 5.62. The maximum Gasteiger partial charge on any atom is 0.288 e. The number of pyridine rings is 1. The molecule has 11 nitrogen and oxygen atoms in total. The van der Waals surface area contributed by atoms with Gasteiger partial charge in [0.1, 0.15) is 18.1 Å². The van der Waals surface area contributed by atoms with Gasteiger partial charge in [0.15, 0.2) is 11.6 Å². The molecule has 1 aliphatic rings. The summed E-state index contributed by atoms with van der Waals surface area (Å²) in [4.78, 5) is 22.7. The average molecular weight is 462 g/mol. The highest BCUT2D eigenvalue weighted by Crippen LogP contribution is 2.31. The van der Waals surface area contributed by atoms with Crippen LogP contribution in [0.4, 0.5) is 11.6 Å². The normalized spacial score (nSPS) is 15.8. The zero-order valence-corrected chi connectivity index (χ0v) is 19.6. The minimum absolute atomic E-state index is 0.105. The van der Waals surface area contributed by atoms with Crippen LogP contribution in [0.15, 0.2) is 36.7 Å². The average Bonchev–Trinajstić information content (AvgIpc) is 3.38. The van der Waals surface area contributed by atoms with Crippen molar-refractivity contribution in [2.45, 2.75) is 19.4 Å². The van der Waals surface area contributed by atoms with Crippen molar-refractivity contribution in [3.63, 3.8) is 0 Å². The number of likely N-dealkylation sites (tertiary alicyclic amines) is 1. The van der Waals surface area contributed by atoms with E-state index in [-0.39, 0.29) is 11.7 Å². The quantitative estimate of drug-likeness (QED) is 0.430. The lowest BCUT2D eigenvalue weighted by Crippen LogP contribution is -2.48. The first-order chi connectivity index (χ1) is 16.4. The number of hydrogen-bond acceptors (Lipinski definition) is 8. The lowest BCUT2D eigenvalue weighted by Gasteiger charge is -2.37. The fourth-order valence-corrected chi connectivity index (χ4v) is 4.00. The minimum atomic E-state index is -0.343. The van der Waals surface area contributed by atoms with Crippen LogP contribution in [0, 0.1) is 6.92 Å². The molecule has 5 heterocycles. The van der Waals surface area contributed by atoms with E-state index in [2.05, 4.69) is 42.7 Å². The summed E-state index contributed by atoms with van der Waals surface area (Å²) in [5.41, 5.74) is 3.47. The van der Waals surface area contributed by atoms with Gasteiger partial charge in [-0.3, -0.25) is 14.4 Å². The number of aryl methyl sites for hydroxylation is 2. The van der Waals surface area contributed by atoms with Crippen LogP contribution in [-0.4, -0.2) is 73.5 Å². The van der Waals surface area contributed by atoms with Gasteiger partial charge in [-0.15, -0.1) is 0 Å². The number of fused-ring (bicyclic) bond motifs is 1. The van der Waals surface area contributed by atoms with Crippen molar-refractivity contribution < 1.29 is 9.53 Å². The van der Waals surface area contributed by atoms with Crippen molar-refractivity contribution in [2.24, 2.45) is 7.05 Å². The van der Waals surface area contributed by atoms with Crippen molar-refractivity contribution in [3.05, 3.63) is 48.2 Å². The number of ether oxygens (including phenoxy) is 1. The highest BCUT2D eigenvalue weighted by molar-refractivity contribution is 5.90. The molecule has 0 aliphatic carbocycles. The van der Waals surface area contributed by atoms with Crippen LogP contribution < -0.4 is 15.4 Å². The molecule has 34 heavy (non-hydrogen) atoms. The Balaban J connectivity index is 1.39. The largest absolute Gasteiger partial charge is 0.488 e. The fourth-order valence-electron chi connectivity index (χ4n) is 4.00. The van der Waals surface area contributed by atoms with Crippen LogP contribution in [0.25, 0.3) is 16.8 Å². The third-order valence-electron chi connectivity index (χ3n) is 6.05. The second-order valence-corrected chi connectivity index (χ2v) is 8.45. The molecule has 1 aliphatic heterocycles. The van der Waals surface area contributed by atoms with E-state index < -0.39 is 0 Å². The van der Waals surface area contributed by atoms with Gasteiger partial charge in [0, 0.05) is 49.7 Å². The number of aromatic nitrogens is 6. The number of carbonyl (C=O) groups excluding carboxylic acids is 1. The topological polar surface area (TPSA) is 114 Å². The number of nitrogens with one attached hydrogen (secondary N) is 2. The summed E-state index contributed by atoms with van der Waals surface area (Å²) in [5.74, 6) is 1.63. The van der Waals surface area contributed by atoms with Gasteiger partial charge in [0.2, 0.25) is 5.82 Å². The highest BCUT2D eigenvalue weighted by Gasteiger charge is 2.25. The monoisotopic (exact) mass is 461 g/mol. The molecule has 0 radical (unpaired) electrons. The Morgan fingerprint density at radius 1 is 1.21 bits per heavy atom. The number of likely N-dealkylation sites (N-methyl/N-ethyl adjacent to an activating group) is 1. The number of rotatable bonds is 7. The molecule has 1 saturated heterocycles. The summed E-state index contributed by atoms with van der Waals surface area (Å²) in [6, 6.07) is 8.16. The van der Waals surface area contributed by atoms with E-state index in [0.29, 0.717) is 30.0 Å². The Labute approximate surface area is 196 Å². The first kappa shape index (κ1) is 21.8. The summed E-state index contributed by atoms with van der Waals surface area (Å²) in [5, 5.41) is 14.7. The third kappa shape index (κ3) is 4.17. The van der Waals surface area contributed by atoms with Gasteiger partial charge in [0.25, 0.3) is 5.91 Å². The van der Waals surface area contributed by atoms with Gasteiger partial charge < -0.3 is 15.4 Å². The molecule has 1 atom stereocenters. The molecule has 4 aromatic heterocycles. The number of anilines is 2. The van der Waals surface area contributed by atoms with E-state index in [4.69, 9.17) is 4.74 Å². The van der Waals surface area contributed by atoms with Crippen LogP contribution in [0.2, 0.25) is 0 Å². The molecular weight excluding hydrogens is 434 g/mol. The predicted molar refractivity (Wildman–Crippen MR) is 127 cm³/mol. The van der Waals surface area contributed by atoms with Crippen LogP contribution in [0.3, 0.4) is 0 Å². The second kappa shape index (κ2) is 8.75. The standard InChI is InChI=1S/C23H27N9O2/c1-14-9-19(28-22(26-14)23(33)24-2)27-20-11-17-10-15(5-8-32(17)29-20)21-18(12-25-31(21)4)34-13-16-6-7-30(16)3/h5,8-12,16H,6-7,13H2,1-4H3,(H,24,33)(H,26,27,28,29)/t16-/m1/s1. The number of amides is 1. The Bertz CT molecular complexity index is 1360. The Morgan fingerprint density at radius 2 is 2.06 bits per heavy atom. The SMILES string of the molecule is CNC(=O)c1nc(C)cc(Nc2cc3cc(-c4c(OC[C@H]5CCN5C)cnn4C)ccn3n2)n1. The molecular formula is C23H27N9O2. The summed E-state index contributed by atoms with van der Waals surface area (Å²) in [6.45, 7) is 3.57. The maximum atomic E-state index is 11.9. The predicted octanol–water partition coefficient (Wildman–Crippen LogP) is 2.02. The van der Waals surface area contributed by atoms with E-state index >= 15 is 0 Å². The number of hydrogen-bond donors (Lipinski definition) is 2. The fraction of sp³-hybridized carbons (Fsp3) is 0.348. The van der Waals surface area contributed by atoms with Gasteiger partial charge in [-0.05, 0) is 39.1 Å². The van der Waals surface area contributed by atoms with Crippen molar-refractivity contribution >= 4 is 23.1 Å². The zero-order valence-electron chi connectivity index (χ0n) is 19.6. The molecule has 11 heteroatoms. The highest BCUT2D eigenvalue weighted by atomic mass is 16.5. The molecule has 176 valence electrons. The van der Waals surface area contributed by atoms with Gasteiger partial charge in [-0.1, -0.05) is 0 Å². The summed E-state index contributed by atoms with van der Waals surface area (Å²) in [6.07, 6.45) is 4.82. The second-order valence-electron chi connectivity index (χ2n) is 8.45. The lowest BCUT2D eigenvalue weighted by atomic mass is 10.1. The van der Waals surface area contributed by atoms with Crippen molar-refractivity contribution in [3.8, 4) is 17.0 Å². The van der Waals surface area contributed by atoms with Gasteiger partial charge in [-0.2, -0.15) is 10.2 Å². The molecule has 4 aromatic rings. The summed E-state index contributed by atoms with van der Waals surface area (Å²) >= 11 is 0. The molecule has 1 amide bonds. The van der Waals surface area contributed by atoms with Gasteiger partial charge in [-0.25, -0.2) is 14.5 Å². The minimum Gasteiger partial charge on any atom is -0.488 e. The third-order valence-corrected chi connectivity index (χ3v) is 6.05. The first-order valence-electron chi connectivity index (χ1n) is 11.1. The van der Waals surface area contributed by atoms with Gasteiger partial charge >= 0.3 is 0 Å². The van der Waals surface area contributed by atoms with E-state index in [1.54, 1.807) is 23.8 Å². The molecule has 0 aromatic carbocycles. The number of nitrogens with zero attached hydrogens (tertiary/aromatic N) is 7. The van der Waals surface area contributed by atoms with Crippen LogP contribution in [0.5, 0.6) is 5.75 Å². The Hall–Kier alpha value is -3.99. The zero-order chi connectivity index (χ0) is 23.8. The van der Waals surface area contributed by atoms with Crippen LogP contribution >= 0.6 is 0 Å². The first-order valence-corrected chi connectivity index (χ1v) is 11.1. The summed E-state index contributed by atoms with van der Waals surface area (Å²) in [7, 11) is 5.57. The maximum absolute atomic E-state index is 11.9. The van der Waals surface area contributed by atoms with E-state index in [9.17, 15) is 4.79 Å². The summed E-state index contributed by atoms with van der Waals surface area (Å²) < 4.78 is 9.73. The smallest absolute Gasteiger partial charge is 0.288 e. The van der Waals surface area contributed by atoms with Crippen LogP contribution in [-0.2, 0) is 7.05 Å². The van der Waals surface area contributed by atoms with E-state index in [0.717, 1.165) is 35.5 Å². The molecule has 2 N–H and O–H groups in total. The molecule has 0 bridgehead atoms. The molecule has 1 fully saturated rings. The lowest BCUT2D eigenvalue weighted by molar-refractivity contribution is 0.0771. The van der Waals surface area contributed by atoms with E-state index in [1.807, 2.05) is 43.0 Å². The van der Waals surface area contributed by atoms with Crippen molar-refractivity contribution in [2.75, 3.05) is 32.6 Å². The van der Waals surface area contributed by atoms with Gasteiger partial charge in [0.05, 0.1) is 11.7 Å². The molecule has 0 unspecified atom stereocenters. The molecule has 0 spiro atoms. The van der Waals surface area contributed by atoms with Crippen LogP contribution in [0.1, 0.15) is 22.7 Å². The Morgan fingerprint density at radius 3 is 2.79 bits per heavy atom. The number of carbonyl (C=O) groups is 1.